The lowest BCUT2D eigenvalue weighted by Gasteiger charge is -2.33. The Kier molecular flexibility index (Phi) is 4.82. The van der Waals surface area contributed by atoms with Gasteiger partial charge in [0.05, 0.1) is 23.2 Å². The van der Waals surface area contributed by atoms with Crippen molar-refractivity contribution < 1.29 is 23.1 Å². The second kappa shape index (κ2) is 7.48. The number of rotatable bonds is 4. The van der Waals surface area contributed by atoms with Gasteiger partial charge in [-0.15, -0.1) is 0 Å². The number of hydrogen-bond acceptors (Lipinski definition) is 6. The summed E-state index contributed by atoms with van der Waals surface area (Å²) in [7, 11) is 0. The number of alkyl halides is 2. The van der Waals surface area contributed by atoms with Crippen molar-refractivity contribution in [2.75, 3.05) is 6.54 Å². The molecule has 0 aromatic carbocycles. The molecule has 0 spiro atoms. The first-order chi connectivity index (χ1) is 15.6. The predicted molar refractivity (Wildman–Crippen MR) is 112 cm³/mol. The minimum Gasteiger partial charge on any atom is -0.432 e. The van der Waals surface area contributed by atoms with Gasteiger partial charge in [0.15, 0.2) is 5.69 Å². The number of aryl methyl sites for hydroxylation is 1. The van der Waals surface area contributed by atoms with E-state index in [2.05, 4.69) is 20.1 Å². The van der Waals surface area contributed by atoms with Gasteiger partial charge in [-0.05, 0) is 38.5 Å². The number of aromatic nitrogens is 5. The summed E-state index contributed by atoms with van der Waals surface area (Å²) in [5, 5.41) is 14.8. The van der Waals surface area contributed by atoms with Crippen LogP contribution in [0, 0.1) is 6.92 Å². The second-order valence-corrected chi connectivity index (χ2v) is 8.60. The van der Waals surface area contributed by atoms with Gasteiger partial charge < -0.3 is 19.4 Å². The third-order valence-electron chi connectivity index (χ3n) is 5.78. The van der Waals surface area contributed by atoms with Crippen LogP contribution < -0.4 is 0 Å². The molecule has 0 aliphatic carbocycles. The molecule has 0 saturated heterocycles. The number of nitrogens with one attached hydrogen (secondary N) is 1. The third-order valence-corrected chi connectivity index (χ3v) is 5.78. The number of aliphatic hydroxyl groups is 1. The summed E-state index contributed by atoms with van der Waals surface area (Å²) >= 11 is 0. The quantitative estimate of drug-likeness (QED) is 0.487. The number of hydrogen-bond donors (Lipinski definition) is 2. The Morgan fingerprint density at radius 2 is 2.18 bits per heavy atom. The first-order valence-electron chi connectivity index (χ1n) is 10.4. The zero-order valence-electron chi connectivity index (χ0n) is 18.2. The normalized spacial score (nSPS) is 16.6. The average Bonchev–Trinajstić information content (AvgIpc) is 3.49. The van der Waals surface area contributed by atoms with Gasteiger partial charge >= 0.3 is 0 Å². The van der Waals surface area contributed by atoms with Gasteiger partial charge in [0, 0.05) is 24.9 Å². The predicted octanol–water partition coefficient (Wildman–Crippen LogP) is 3.31. The van der Waals surface area contributed by atoms with Crippen molar-refractivity contribution in [3.8, 4) is 0 Å². The van der Waals surface area contributed by atoms with E-state index < -0.39 is 35.4 Å². The van der Waals surface area contributed by atoms with Crippen molar-refractivity contribution in [1.29, 1.82) is 0 Å². The average molecular weight is 456 g/mol. The zero-order valence-corrected chi connectivity index (χ0v) is 18.2. The van der Waals surface area contributed by atoms with Crippen LogP contribution in [0.4, 0.5) is 8.78 Å². The topological polar surface area (TPSA) is 113 Å². The van der Waals surface area contributed by atoms with Gasteiger partial charge in [-0.3, -0.25) is 4.79 Å². The number of oxazole rings is 1. The van der Waals surface area contributed by atoms with Gasteiger partial charge in [0.1, 0.15) is 11.6 Å². The van der Waals surface area contributed by atoms with Gasteiger partial charge in [-0.2, -0.15) is 5.10 Å². The molecule has 11 heteroatoms. The Hall–Kier alpha value is -3.60. The number of aromatic amines is 1. The van der Waals surface area contributed by atoms with Gasteiger partial charge in [-0.25, -0.2) is 23.3 Å². The van der Waals surface area contributed by atoms with Gasteiger partial charge in [0.25, 0.3) is 12.3 Å². The van der Waals surface area contributed by atoms with Crippen LogP contribution in [0.15, 0.2) is 35.1 Å². The third kappa shape index (κ3) is 3.48. The lowest BCUT2D eigenvalue weighted by molar-refractivity contribution is 0.0440. The lowest BCUT2D eigenvalue weighted by atomic mass is 9.99. The fourth-order valence-corrected chi connectivity index (χ4v) is 4.13. The summed E-state index contributed by atoms with van der Waals surface area (Å²) in [6, 6.07) is 4.96. The van der Waals surface area contributed by atoms with E-state index in [4.69, 9.17) is 4.42 Å². The largest absolute Gasteiger partial charge is 0.432 e. The van der Waals surface area contributed by atoms with Crippen LogP contribution in [0.1, 0.15) is 71.1 Å². The maximum absolute atomic E-state index is 13.7. The molecule has 0 saturated carbocycles. The molecule has 9 nitrogen and oxygen atoms in total. The fourth-order valence-electron chi connectivity index (χ4n) is 4.13. The summed E-state index contributed by atoms with van der Waals surface area (Å²) in [5.41, 5.74) is 1.43. The standard InChI is InChI=1S/C22H22F2N6O3/c1-11-5-4-7-30-14(11)9-13(28-30)17-15-12(25-10-26-15)6-8-29(17)20(31)18-16(19(23)24)27-21(33-18)22(2,3)32/h4-5,7,9-10,17,19,32H,6,8H2,1-3H3,(H,25,26). The number of nitrogens with zero attached hydrogens (tertiary/aromatic N) is 5. The summed E-state index contributed by atoms with van der Waals surface area (Å²) in [4.78, 5) is 26.2. The molecule has 1 amide bonds. The highest BCUT2D eigenvalue weighted by molar-refractivity contribution is 5.93. The molecule has 1 unspecified atom stereocenters. The van der Waals surface area contributed by atoms with E-state index >= 15 is 0 Å². The molecule has 1 aliphatic heterocycles. The van der Waals surface area contributed by atoms with Crippen LogP contribution in [-0.4, -0.2) is 47.0 Å². The molecule has 1 atom stereocenters. The van der Waals surface area contributed by atoms with Crippen LogP contribution in [0.5, 0.6) is 0 Å². The van der Waals surface area contributed by atoms with E-state index in [0.29, 0.717) is 17.8 Å². The molecule has 2 N–H and O–H groups in total. The van der Waals surface area contributed by atoms with E-state index in [1.165, 1.54) is 25.1 Å². The maximum atomic E-state index is 13.7. The van der Waals surface area contributed by atoms with Crippen LogP contribution >= 0.6 is 0 Å². The molecule has 4 aromatic heterocycles. The van der Waals surface area contributed by atoms with E-state index in [-0.39, 0.29) is 12.4 Å². The van der Waals surface area contributed by atoms with E-state index in [0.717, 1.165) is 16.8 Å². The zero-order chi connectivity index (χ0) is 23.5. The van der Waals surface area contributed by atoms with Crippen molar-refractivity contribution in [2.45, 2.75) is 45.3 Å². The molecular formula is C22H22F2N6O3. The SMILES string of the molecule is Cc1cccn2nc(C3c4nc[nH]c4CCN3C(=O)c3oc(C(C)(C)O)nc3C(F)F)cc12. The first kappa shape index (κ1) is 21.3. The molecule has 1 aliphatic rings. The van der Waals surface area contributed by atoms with Crippen molar-refractivity contribution >= 4 is 11.4 Å². The summed E-state index contributed by atoms with van der Waals surface area (Å²) in [6.07, 6.45) is 0.747. The molecule has 5 rings (SSSR count). The molecule has 0 radical (unpaired) electrons. The van der Waals surface area contributed by atoms with Crippen molar-refractivity contribution in [1.82, 2.24) is 29.5 Å². The van der Waals surface area contributed by atoms with Gasteiger partial charge in [-0.1, -0.05) is 6.07 Å². The van der Waals surface area contributed by atoms with Crippen LogP contribution in [0.2, 0.25) is 0 Å². The first-order valence-corrected chi connectivity index (χ1v) is 10.4. The number of amides is 1. The second-order valence-electron chi connectivity index (χ2n) is 8.60. The molecule has 33 heavy (non-hydrogen) atoms. The maximum Gasteiger partial charge on any atom is 0.292 e. The minimum atomic E-state index is -3.05. The lowest BCUT2D eigenvalue weighted by Crippen LogP contribution is -2.41. The smallest absolute Gasteiger partial charge is 0.292 e. The number of imidazole rings is 1. The number of carbonyl (C=O) groups is 1. The molecule has 0 fully saturated rings. The van der Waals surface area contributed by atoms with Crippen molar-refractivity contribution in [3.05, 3.63) is 70.7 Å². The Labute approximate surface area is 187 Å². The summed E-state index contributed by atoms with van der Waals surface area (Å²) < 4.78 is 34.6. The Morgan fingerprint density at radius 1 is 1.39 bits per heavy atom. The minimum absolute atomic E-state index is 0.229. The Bertz CT molecular complexity index is 1350. The molecule has 4 aromatic rings. The van der Waals surface area contributed by atoms with Crippen LogP contribution in [0.25, 0.3) is 5.52 Å². The fraction of sp³-hybridized carbons (Fsp3) is 0.364. The molecule has 5 heterocycles. The molecular weight excluding hydrogens is 434 g/mol. The van der Waals surface area contributed by atoms with Crippen LogP contribution in [-0.2, 0) is 12.0 Å². The molecule has 0 bridgehead atoms. The highest BCUT2D eigenvalue weighted by atomic mass is 19.3. The molecule has 172 valence electrons. The summed E-state index contributed by atoms with van der Waals surface area (Å²) in [5.74, 6) is -1.70. The van der Waals surface area contributed by atoms with E-state index in [9.17, 15) is 18.7 Å². The highest BCUT2D eigenvalue weighted by Gasteiger charge is 2.40. The van der Waals surface area contributed by atoms with E-state index in [1.54, 1.807) is 10.7 Å². The number of pyridine rings is 1. The monoisotopic (exact) mass is 456 g/mol. The summed E-state index contributed by atoms with van der Waals surface area (Å²) in [6.45, 7) is 4.88. The van der Waals surface area contributed by atoms with Crippen molar-refractivity contribution in [3.63, 3.8) is 0 Å². The Balaban J connectivity index is 1.63. The number of fused-ring (bicyclic) bond motifs is 2. The van der Waals surface area contributed by atoms with Crippen molar-refractivity contribution in [2.24, 2.45) is 0 Å². The Morgan fingerprint density at radius 3 is 2.88 bits per heavy atom. The van der Waals surface area contributed by atoms with Gasteiger partial charge in [0.2, 0.25) is 11.7 Å². The number of H-pyrrole nitrogens is 1. The highest BCUT2D eigenvalue weighted by Crippen LogP contribution is 2.36. The van der Waals surface area contributed by atoms with Crippen LogP contribution in [0.3, 0.4) is 0 Å². The number of halogens is 2. The number of carbonyl (C=O) groups excluding carboxylic acids is 1. The van der Waals surface area contributed by atoms with E-state index in [1.807, 2.05) is 25.1 Å².